The Balaban J connectivity index is 2.93. The maximum atomic E-state index is 11.4. The van der Waals surface area contributed by atoms with Gasteiger partial charge in [-0.2, -0.15) is 0 Å². The first-order valence-corrected chi connectivity index (χ1v) is 3.73. The van der Waals surface area contributed by atoms with Gasteiger partial charge >= 0.3 is 0 Å². The Kier molecular flexibility index (Phi) is 2.35. The van der Waals surface area contributed by atoms with Crippen LogP contribution in [-0.2, 0) is 0 Å². The minimum Gasteiger partial charge on any atom is -0.628 e. The van der Waals surface area contributed by atoms with Crippen LogP contribution in [-0.4, -0.2) is 21.2 Å². The second kappa shape index (κ2) is 3.13. The first-order valence-electron chi connectivity index (χ1n) is 3.73. The molecule has 1 aromatic carbocycles. The molecule has 0 saturated heterocycles. The number of rotatable bonds is 2. The van der Waals surface area contributed by atoms with Crippen molar-refractivity contribution in [3.05, 3.63) is 29.5 Å². The maximum Gasteiger partial charge on any atom is 0.132 e. The molecule has 1 aromatic rings. The highest BCUT2D eigenvalue weighted by molar-refractivity contribution is 5.45. The number of benzene rings is 1. The molecule has 66 valence electrons. The van der Waals surface area contributed by atoms with Crippen LogP contribution in [0.1, 0.15) is 0 Å². The van der Waals surface area contributed by atoms with Crippen molar-refractivity contribution in [2.45, 2.75) is 0 Å². The average molecular weight is 167 g/mol. The van der Waals surface area contributed by atoms with E-state index < -0.39 is 4.65 Å². The number of nitrogens with zero attached hydrogens (tertiary/aromatic N) is 1. The van der Waals surface area contributed by atoms with Crippen molar-refractivity contribution >= 4 is 5.69 Å². The number of hydrogen-bond acceptors (Lipinski definition) is 2. The molecular weight excluding hydrogens is 154 g/mol. The zero-order valence-corrected chi connectivity index (χ0v) is 7.57. The fourth-order valence-electron chi connectivity index (χ4n) is 0.941. The Morgan fingerprint density at radius 2 is 1.67 bits per heavy atom. The van der Waals surface area contributed by atoms with E-state index >= 15 is 0 Å². The Hall–Kier alpha value is -1.06. The third kappa shape index (κ3) is 1.96. The van der Waals surface area contributed by atoms with Crippen molar-refractivity contribution in [1.82, 2.24) is 4.65 Å². The van der Waals surface area contributed by atoms with Crippen LogP contribution in [0.5, 0.6) is 5.75 Å². The Morgan fingerprint density at radius 1 is 1.17 bits per heavy atom. The molecule has 0 aromatic heterocycles. The molecule has 0 bridgehead atoms. The van der Waals surface area contributed by atoms with Gasteiger partial charge in [0.15, 0.2) is 0 Å². The number of hydroxylamine groups is 2. The minimum absolute atomic E-state index is 0.413. The summed E-state index contributed by atoms with van der Waals surface area (Å²) >= 11 is 0. The van der Waals surface area contributed by atoms with Gasteiger partial charge in [0.25, 0.3) is 0 Å². The van der Waals surface area contributed by atoms with Gasteiger partial charge in [-0.25, -0.2) is 0 Å². The van der Waals surface area contributed by atoms with Crippen LogP contribution in [0.4, 0.5) is 5.69 Å². The summed E-state index contributed by atoms with van der Waals surface area (Å²) in [7, 11) is 4.77. The molecule has 3 nitrogen and oxygen atoms in total. The molecule has 0 radical (unpaired) electrons. The third-order valence-electron chi connectivity index (χ3n) is 1.69. The Morgan fingerprint density at radius 3 is 2.00 bits per heavy atom. The molecule has 0 fully saturated rings. The molecule has 0 aliphatic carbocycles. The summed E-state index contributed by atoms with van der Waals surface area (Å²) in [5.41, 5.74) is 0.718. The summed E-state index contributed by atoms with van der Waals surface area (Å²) in [6.07, 6.45) is 0. The predicted octanol–water partition coefficient (Wildman–Crippen LogP) is 1.76. The summed E-state index contributed by atoms with van der Waals surface area (Å²) < 4.78 is 4.56. The van der Waals surface area contributed by atoms with E-state index in [1.165, 1.54) is 0 Å². The zero-order valence-electron chi connectivity index (χ0n) is 7.57. The fraction of sp³-hybridized carbons (Fsp3) is 0.333. The highest BCUT2D eigenvalue weighted by atomic mass is 16.5. The van der Waals surface area contributed by atoms with E-state index in [4.69, 9.17) is 4.74 Å². The molecule has 1 rings (SSSR count). The van der Waals surface area contributed by atoms with Crippen LogP contribution in [0.3, 0.4) is 0 Å². The number of methoxy groups -OCH3 is 1. The van der Waals surface area contributed by atoms with Crippen LogP contribution >= 0.6 is 0 Å². The van der Waals surface area contributed by atoms with Crippen molar-refractivity contribution < 1.29 is 4.74 Å². The van der Waals surface area contributed by atoms with Crippen LogP contribution in [0.2, 0.25) is 0 Å². The molecule has 0 amide bonds. The van der Waals surface area contributed by atoms with Gasteiger partial charge in [0.2, 0.25) is 0 Å². The van der Waals surface area contributed by atoms with Crippen molar-refractivity contribution in [2.75, 3.05) is 21.2 Å². The number of ether oxygens (including phenoxy) is 1. The van der Waals surface area contributed by atoms with Gasteiger partial charge in [0.05, 0.1) is 21.2 Å². The first kappa shape index (κ1) is 9.03. The minimum atomic E-state index is -0.413. The van der Waals surface area contributed by atoms with Gasteiger partial charge in [-0.1, -0.05) is 0 Å². The first-order chi connectivity index (χ1) is 5.54. The summed E-state index contributed by atoms with van der Waals surface area (Å²) in [6, 6.07) is 7.11. The lowest BCUT2D eigenvalue weighted by molar-refractivity contribution is 0.414. The van der Waals surface area contributed by atoms with Gasteiger partial charge in [-0.05, 0) is 12.1 Å². The number of hydrogen-bond donors (Lipinski definition) is 0. The van der Waals surface area contributed by atoms with Gasteiger partial charge in [-0.15, -0.1) is 0 Å². The topological polar surface area (TPSA) is 32.3 Å². The Bertz CT molecular complexity index is 248. The lowest BCUT2D eigenvalue weighted by Crippen LogP contribution is -2.32. The second-order valence-corrected chi connectivity index (χ2v) is 3.05. The lowest BCUT2D eigenvalue weighted by atomic mass is 10.3. The third-order valence-corrected chi connectivity index (χ3v) is 1.69. The largest absolute Gasteiger partial charge is 0.628 e. The maximum absolute atomic E-state index is 11.4. The average Bonchev–Trinajstić information content (AvgIpc) is 2.03. The smallest absolute Gasteiger partial charge is 0.132 e. The van der Waals surface area contributed by atoms with E-state index in [2.05, 4.69) is 0 Å². The SMILES string of the molecule is COc1ccc([N+](C)(C)[O-])cc1. The summed E-state index contributed by atoms with van der Waals surface area (Å²) in [4.78, 5) is 0. The van der Waals surface area contributed by atoms with Crippen molar-refractivity contribution in [3.63, 3.8) is 0 Å². The normalized spacial score (nSPS) is 11.3. The summed E-state index contributed by atoms with van der Waals surface area (Å²) in [5, 5.41) is 11.4. The van der Waals surface area contributed by atoms with Gasteiger partial charge in [0, 0.05) is 12.1 Å². The molecular formula is C9H13NO2. The van der Waals surface area contributed by atoms with E-state index in [-0.39, 0.29) is 0 Å². The van der Waals surface area contributed by atoms with Gasteiger partial charge in [-0.3, -0.25) is 0 Å². The predicted molar refractivity (Wildman–Crippen MR) is 50.0 cm³/mol. The van der Waals surface area contributed by atoms with Crippen LogP contribution in [0, 0.1) is 5.21 Å². The molecule has 0 heterocycles. The second-order valence-electron chi connectivity index (χ2n) is 3.05. The highest BCUT2D eigenvalue weighted by Crippen LogP contribution is 2.20. The highest BCUT2D eigenvalue weighted by Gasteiger charge is 2.06. The molecule has 0 saturated carbocycles. The summed E-state index contributed by atoms with van der Waals surface area (Å²) in [6.45, 7) is 0. The lowest BCUT2D eigenvalue weighted by Gasteiger charge is -2.32. The molecule has 0 aliphatic rings. The van der Waals surface area contributed by atoms with Crippen LogP contribution in [0.25, 0.3) is 0 Å². The van der Waals surface area contributed by atoms with E-state index in [1.807, 2.05) is 0 Å². The van der Waals surface area contributed by atoms with E-state index in [0.717, 1.165) is 11.4 Å². The Labute approximate surface area is 72.4 Å². The van der Waals surface area contributed by atoms with Crippen LogP contribution < -0.4 is 9.38 Å². The van der Waals surface area contributed by atoms with Crippen molar-refractivity contribution in [2.24, 2.45) is 0 Å². The summed E-state index contributed by atoms with van der Waals surface area (Å²) in [5.74, 6) is 0.771. The molecule has 0 unspecified atom stereocenters. The molecule has 3 heteroatoms. The van der Waals surface area contributed by atoms with E-state index in [9.17, 15) is 5.21 Å². The standard InChI is InChI=1S/C9H13NO2/c1-10(2,11)8-4-6-9(12-3)7-5-8/h4-7H,1-3H3. The van der Waals surface area contributed by atoms with Gasteiger partial charge < -0.3 is 14.6 Å². The number of quaternary nitrogens is 1. The van der Waals surface area contributed by atoms with E-state index in [0.29, 0.717) is 0 Å². The zero-order chi connectivity index (χ0) is 9.19. The quantitative estimate of drug-likeness (QED) is 0.496. The molecule has 0 atom stereocenters. The molecule has 0 spiro atoms. The molecule has 0 N–H and O–H groups in total. The van der Waals surface area contributed by atoms with E-state index in [1.54, 1.807) is 45.5 Å². The molecule has 12 heavy (non-hydrogen) atoms. The van der Waals surface area contributed by atoms with Crippen molar-refractivity contribution in [3.8, 4) is 5.75 Å². The monoisotopic (exact) mass is 167 g/mol. The van der Waals surface area contributed by atoms with Gasteiger partial charge in [0.1, 0.15) is 11.4 Å². The fourth-order valence-corrected chi connectivity index (χ4v) is 0.941. The van der Waals surface area contributed by atoms with Crippen molar-refractivity contribution in [1.29, 1.82) is 0 Å². The molecule has 0 aliphatic heterocycles. The van der Waals surface area contributed by atoms with Crippen LogP contribution in [0.15, 0.2) is 24.3 Å².